The Kier molecular flexibility index (Phi) is 3.65. The van der Waals surface area contributed by atoms with Crippen LogP contribution in [0.4, 0.5) is 5.69 Å². The van der Waals surface area contributed by atoms with Gasteiger partial charge in [0.1, 0.15) is 0 Å². The molecule has 0 aromatic heterocycles. The minimum atomic E-state index is -1.13. The average molecular weight is 302 g/mol. The molecule has 0 amide bonds. The van der Waals surface area contributed by atoms with Crippen LogP contribution in [0.1, 0.15) is 5.56 Å². The first-order chi connectivity index (χ1) is 9.70. The predicted octanol–water partition coefficient (Wildman–Crippen LogP) is 3.19. The molecule has 0 saturated carbocycles. The topological polar surface area (TPSA) is 35.5 Å². The Balaban J connectivity index is 1.93. The van der Waals surface area contributed by atoms with E-state index in [0.29, 0.717) is 10.1 Å². The zero-order chi connectivity index (χ0) is 14.0. The molecule has 0 aliphatic carbocycles. The zero-order valence-electron chi connectivity index (χ0n) is 10.7. The quantitative estimate of drug-likeness (QED) is 0.852. The molecule has 1 fully saturated rings. The number of rotatable bonds is 3. The fourth-order valence-electron chi connectivity index (χ4n) is 2.14. The Hall–Kier alpha value is -1.56. The van der Waals surface area contributed by atoms with Gasteiger partial charge >= 0.3 is 0 Å². The first kappa shape index (κ1) is 13.4. The minimum absolute atomic E-state index is 0.510. The van der Waals surface area contributed by atoms with E-state index in [4.69, 9.17) is 12.2 Å². The van der Waals surface area contributed by atoms with Crippen molar-refractivity contribution < 1.29 is 5.11 Å². The number of benzene rings is 2. The number of anilines is 1. The summed E-state index contributed by atoms with van der Waals surface area (Å²) >= 11 is 6.83. The van der Waals surface area contributed by atoms with Crippen molar-refractivity contribution in [3.8, 4) is 0 Å². The number of thioether (sulfide) groups is 1. The van der Waals surface area contributed by atoms with Crippen LogP contribution >= 0.6 is 24.0 Å². The monoisotopic (exact) mass is 302 g/mol. The lowest BCUT2D eigenvalue weighted by Crippen LogP contribution is -2.47. The summed E-state index contributed by atoms with van der Waals surface area (Å²) in [5.74, 6) is 0.510. The lowest BCUT2D eigenvalue weighted by atomic mass is 10.0. The third kappa shape index (κ3) is 2.40. The summed E-state index contributed by atoms with van der Waals surface area (Å²) < 4.78 is 0.639. The van der Waals surface area contributed by atoms with Gasteiger partial charge in [-0.3, -0.25) is 5.43 Å². The molecule has 1 aliphatic heterocycles. The molecule has 1 atom stereocenters. The summed E-state index contributed by atoms with van der Waals surface area (Å²) in [6.07, 6.45) is 0. The van der Waals surface area contributed by atoms with Crippen LogP contribution in [-0.4, -0.2) is 20.2 Å². The molecule has 102 valence electrons. The number of hydrogen-bond acceptors (Lipinski definition) is 4. The summed E-state index contributed by atoms with van der Waals surface area (Å²) in [4.78, 5) is 0. The molecule has 1 heterocycles. The van der Waals surface area contributed by atoms with Gasteiger partial charge in [0.05, 0.1) is 11.4 Å². The Morgan fingerprint density at radius 3 is 2.30 bits per heavy atom. The zero-order valence-corrected chi connectivity index (χ0v) is 12.3. The van der Waals surface area contributed by atoms with Crippen molar-refractivity contribution in [1.82, 2.24) is 5.01 Å². The number of hydrazine groups is 1. The van der Waals surface area contributed by atoms with Gasteiger partial charge in [-0.05, 0) is 12.1 Å². The van der Waals surface area contributed by atoms with Gasteiger partial charge in [0.2, 0.25) is 0 Å². The van der Waals surface area contributed by atoms with Crippen molar-refractivity contribution in [2.75, 3.05) is 11.2 Å². The third-order valence-corrected chi connectivity index (χ3v) is 4.71. The van der Waals surface area contributed by atoms with Crippen LogP contribution in [0, 0.1) is 0 Å². The molecule has 0 spiro atoms. The summed E-state index contributed by atoms with van der Waals surface area (Å²) in [6, 6.07) is 19.3. The second kappa shape index (κ2) is 5.44. The second-order valence-corrected chi connectivity index (χ2v) is 6.16. The Morgan fingerprint density at radius 2 is 1.65 bits per heavy atom. The van der Waals surface area contributed by atoms with E-state index in [9.17, 15) is 5.11 Å². The smallest absolute Gasteiger partial charge is 0.193 e. The van der Waals surface area contributed by atoms with Crippen molar-refractivity contribution in [3.63, 3.8) is 0 Å². The highest BCUT2D eigenvalue weighted by atomic mass is 32.2. The molecule has 3 nitrogen and oxygen atoms in total. The van der Waals surface area contributed by atoms with Crippen molar-refractivity contribution in [1.29, 1.82) is 0 Å². The van der Waals surface area contributed by atoms with Crippen LogP contribution in [0.2, 0.25) is 0 Å². The number of nitrogens with zero attached hydrogens (tertiary/aromatic N) is 1. The summed E-state index contributed by atoms with van der Waals surface area (Å²) in [5.41, 5.74) is 3.80. The Bertz CT molecular complexity index is 606. The predicted molar refractivity (Wildman–Crippen MR) is 87.3 cm³/mol. The summed E-state index contributed by atoms with van der Waals surface area (Å²) in [5, 5.41) is 12.7. The first-order valence-electron chi connectivity index (χ1n) is 6.27. The molecule has 1 aliphatic rings. The van der Waals surface area contributed by atoms with E-state index in [1.165, 1.54) is 11.8 Å². The van der Waals surface area contributed by atoms with Gasteiger partial charge in [-0.2, -0.15) is 0 Å². The van der Waals surface area contributed by atoms with E-state index in [1.807, 2.05) is 60.7 Å². The van der Waals surface area contributed by atoms with Crippen molar-refractivity contribution in [3.05, 3.63) is 66.2 Å². The molecule has 3 rings (SSSR count). The highest BCUT2D eigenvalue weighted by Gasteiger charge is 2.44. The first-order valence-corrected chi connectivity index (χ1v) is 7.66. The highest BCUT2D eigenvalue weighted by Crippen LogP contribution is 2.38. The SMILES string of the molecule is OC1(c2ccccc2)CSC(=S)N1Nc1ccccc1. The molecule has 2 N–H and O–H groups in total. The minimum Gasteiger partial charge on any atom is -0.365 e. The van der Waals surface area contributed by atoms with Crippen LogP contribution in [0.5, 0.6) is 0 Å². The maximum absolute atomic E-state index is 11.0. The van der Waals surface area contributed by atoms with Gasteiger partial charge in [0.25, 0.3) is 0 Å². The maximum atomic E-state index is 11.0. The maximum Gasteiger partial charge on any atom is 0.193 e. The molecule has 2 aromatic rings. The van der Waals surface area contributed by atoms with E-state index < -0.39 is 5.72 Å². The summed E-state index contributed by atoms with van der Waals surface area (Å²) in [6.45, 7) is 0. The number of thiocarbonyl (C=S) groups is 1. The molecule has 2 aromatic carbocycles. The molecule has 0 bridgehead atoms. The van der Waals surface area contributed by atoms with Gasteiger partial charge in [-0.25, -0.2) is 5.01 Å². The second-order valence-electron chi connectivity index (χ2n) is 4.55. The molecule has 20 heavy (non-hydrogen) atoms. The number of nitrogens with one attached hydrogen (secondary N) is 1. The number of aliphatic hydroxyl groups is 1. The molecule has 1 saturated heterocycles. The largest absolute Gasteiger partial charge is 0.365 e. The normalized spacial score (nSPS) is 22.1. The van der Waals surface area contributed by atoms with Gasteiger partial charge in [-0.15, -0.1) is 0 Å². The standard InChI is InChI=1S/C15H14N2OS2/c18-15(12-7-3-1-4-8-12)11-20-14(19)17(15)16-13-9-5-2-6-10-13/h1-10,16,18H,11H2. The van der Waals surface area contributed by atoms with Crippen molar-refractivity contribution >= 4 is 34.0 Å². The van der Waals surface area contributed by atoms with Crippen LogP contribution in [-0.2, 0) is 5.72 Å². The lowest BCUT2D eigenvalue weighted by molar-refractivity contribution is -0.0341. The van der Waals surface area contributed by atoms with Crippen LogP contribution in [0.25, 0.3) is 0 Å². The van der Waals surface area contributed by atoms with E-state index in [2.05, 4.69) is 5.43 Å². The molecular weight excluding hydrogens is 288 g/mol. The number of hydrogen-bond donors (Lipinski definition) is 2. The van der Waals surface area contributed by atoms with E-state index in [1.54, 1.807) is 5.01 Å². The Morgan fingerprint density at radius 1 is 1.05 bits per heavy atom. The summed E-state index contributed by atoms with van der Waals surface area (Å²) in [7, 11) is 0. The lowest BCUT2D eigenvalue weighted by Gasteiger charge is -2.34. The van der Waals surface area contributed by atoms with Gasteiger partial charge in [-0.1, -0.05) is 72.5 Å². The van der Waals surface area contributed by atoms with Crippen molar-refractivity contribution in [2.24, 2.45) is 0 Å². The van der Waals surface area contributed by atoms with Crippen LogP contribution in [0.3, 0.4) is 0 Å². The molecule has 0 radical (unpaired) electrons. The van der Waals surface area contributed by atoms with Crippen LogP contribution < -0.4 is 5.43 Å². The highest BCUT2D eigenvalue weighted by molar-refractivity contribution is 8.23. The fourth-order valence-corrected chi connectivity index (χ4v) is 3.46. The van der Waals surface area contributed by atoms with E-state index in [0.717, 1.165) is 11.3 Å². The van der Waals surface area contributed by atoms with Gasteiger partial charge in [0.15, 0.2) is 10.0 Å². The fraction of sp³-hybridized carbons (Fsp3) is 0.133. The third-order valence-electron chi connectivity index (χ3n) is 3.20. The van der Waals surface area contributed by atoms with Gasteiger partial charge < -0.3 is 5.11 Å². The van der Waals surface area contributed by atoms with E-state index in [-0.39, 0.29) is 0 Å². The van der Waals surface area contributed by atoms with Gasteiger partial charge in [0, 0.05) is 5.56 Å². The molecule has 1 unspecified atom stereocenters. The van der Waals surface area contributed by atoms with E-state index >= 15 is 0 Å². The Labute approximate surface area is 127 Å². The van der Waals surface area contributed by atoms with Crippen LogP contribution in [0.15, 0.2) is 60.7 Å². The van der Waals surface area contributed by atoms with Crippen molar-refractivity contribution in [2.45, 2.75) is 5.72 Å². The number of para-hydroxylation sites is 1. The molecule has 5 heteroatoms. The average Bonchev–Trinajstić information content (AvgIpc) is 2.79. The molecular formula is C15H14N2OS2.